The maximum Gasteiger partial charge on any atom is 0.317 e. The normalized spacial score (nSPS) is 26.8. The van der Waals surface area contributed by atoms with Crippen LogP contribution in [0, 0.1) is 17.2 Å². The molecule has 2 atom stereocenters. The van der Waals surface area contributed by atoms with Crippen molar-refractivity contribution in [3.8, 4) is 5.69 Å². The molecule has 2 aliphatic carbocycles. The van der Waals surface area contributed by atoms with Crippen LogP contribution < -0.4 is 4.90 Å². The van der Waals surface area contributed by atoms with Crippen molar-refractivity contribution in [3.63, 3.8) is 0 Å². The Morgan fingerprint density at radius 2 is 1.91 bits per heavy atom. The van der Waals surface area contributed by atoms with Crippen LogP contribution in [0.5, 0.6) is 0 Å². The third-order valence-corrected chi connectivity index (χ3v) is 11.1. The van der Waals surface area contributed by atoms with Crippen LogP contribution in [0.15, 0.2) is 59.3 Å². The van der Waals surface area contributed by atoms with Crippen molar-refractivity contribution in [3.05, 3.63) is 71.4 Å². The summed E-state index contributed by atoms with van der Waals surface area (Å²) in [7, 11) is -4.03. The zero-order valence-electron chi connectivity index (χ0n) is 24.0. The van der Waals surface area contributed by atoms with Crippen molar-refractivity contribution < 1.29 is 31.8 Å². The van der Waals surface area contributed by atoms with Crippen LogP contribution in [0.4, 0.5) is 14.6 Å². The summed E-state index contributed by atoms with van der Waals surface area (Å²) in [6, 6.07) is 9.02. The summed E-state index contributed by atoms with van der Waals surface area (Å²) in [5.41, 5.74) is 1.65. The van der Waals surface area contributed by atoms with E-state index in [1.807, 2.05) is 6.08 Å². The molecule has 10 nitrogen and oxygen atoms in total. The number of aliphatic hydroxyl groups is 1. The van der Waals surface area contributed by atoms with E-state index in [0.29, 0.717) is 43.7 Å². The second kappa shape index (κ2) is 11.0. The number of rotatable bonds is 7. The number of nitrogens with zero attached hydrogens (tertiary/aromatic N) is 5. The zero-order valence-corrected chi connectivity index (χ0v) is 24.8. The molecule has 0 bridgehead atoms. The lowest BCUT2D eigenvalue weighted by Crippen LogP contribution is -2.54. The Labute approximate surface area is 254 Å². The molecule has 1 N–H and O–H groups in total. The minimum Gasteiger partial charge on any atom is -0.465 e. The Hall–Kier alpha value is -3.68. The average molecular weight is 626 g/mol. The van der Waals surface area contributed by atoms with E-state index in [4.69, 9.17) is 4.74 Å². The van der Waals surface area contributed by atoms with Crippen molar-refractivity contribution >= 4 is 27.9 Å². The van der Waals surface area contributed by atoms with Gasteiger partial charge in [-0.25, -0.2) is 26.9 Å². The fourth-order valence-electron chi connectivity index (χ4n) is 6.73. The molecule has 4 aliphatic rings. The molecule has 2 aliphatic heterocycles. The number of ether oxygens (including phenoxy) is 1. The number of sulfonamides is 1. The van der Waals surface area contributed by atoms with Gasteiger partial charge in [0.2, 0.25) is 10.0 Å². The molecule has 44 heavy (non-hydrogen) atoms. The first-order chi connectivity index (χ1) is 21.1. The number of halogens is 2. The summed E-state index contributed by atoms with van der Waals surface area (Å²) in [5.74, 6) is -0.285. The van der Waals surface area contributed by atoms with Gasteiger partial charge in [-0.05, 0) is 91.6 Å². The van der Waals surface area contributed by atoms with Crippen LogP contribution in [0.1, 0.15) is 36.9 Å². The molecule has 232 valence electrons. The number of fused-ring (bicyclic) bond motifs is 2. The van der Waals surface area contributed by atoms with Gasteiger partial charge in [-0.3, -0.25) is 4.79 Å². The number of esters is 1. The Balaban J connectivity index is 1.19. The quantitative estimate of drug-likeness (QED) is 0.398. The van der Waals surface area contributed by atoms with Crippen LogP contribution in [0.3, 0.4) is 0 Å². The molecule has 2 saturated heterocycles. The maximum absolute atomic E-state index is 14.0. The third-order valence-electron chi connectivity index (χ3n) is 9.32. The third kappa shape index (κ3) is 5.10. The van der Waals surface area contributed by atoms with Crippen LogP contribution in [0.2, 0.25) is 0 Å². The summed E-state index contributed by atoms with van der Waals surface area (Å²) in [4.78, 5) is 20.1. The van der Waals surface area contributed by atoms with Gasteiger partial charge >= 0.3 is 5.97 Å². The fourth-order valence-corrected chi connectivity index (χ4v) is 8.18. The van der Waals surface area contributed by atoms with Gasteiger partial charge in [0.1, 0.15) is 28.1 Å². The second-order valence-electron chi connectivity index (χ2n) is 12.2. The lowest BCUT2D eigenvalue weighted by Gasteiger charge is -2.44. The van der Waals surface area contributed by atoms with Crippen LogP contribution in [-0.4, -0.2) is 83.6 Å². The number of aliphatic hydroxyl groups excluding tert-OH is 1. The minimum absolute atomic E-state index is 0.00252. The number of pyridine rings is 1. The summed E-state index contributed by atoms with van der Waals surface area (Å²) in [6.07, 6.45) is 5.52. The summed E-state index contributed by atoms with van der Waals surface area (Å²) >= 11 is 0. The number of piperidine rings is 1. The SMILES string of the molecule is O=C(OCC1CC(O)C1)[C@]12Cc3cnn(-c4ccc(F)cc4)c3C=C1CCN(S(=O)(=O)c1ccc(N3CC[C@@H](F)C3)nc1)C2. The van der Waals surface area contributed by atoms with E-state index in [1.54, 1.807) is 34.0 Å². The number of anilines is 1. The Bertz CT molecular complexity index is 1710. The Morgan fingerprint density at radius 1 is 1.11 bits per heavy atom. The number of alkyl halides is 1. The van der Waals surface area contributed by atoms with E-state index in [1.165, 1.54) is 28.7 Å². The number of hydrogen-bond donors (Lipinski definition) is 1. The van der Waals surface area contributed by atoms with Gasteiger partial charge in [-0.2, -0.15) is 9.40 Å². The van der Waals surface area contributed by atoms with Gasteiger partial charge < -0.3 is 14.7 Å². The molecule has 13 heteroatoms. The highest BCUT2D eigenvalue weighted by atomic mass is 32.2. The lowest BCUT2D eigenvalue weighted by atomic mass is 9.68. The monoisotopic (exact) mass is 625 g/mol. The highest BCUT2D eigenvalue weighted by Crippen LogP contribution is 2.46. The molecule has 0 radical (unpaired) electrons. The number of carbonyl (C=O) groups excluding carboxylic acids is 1. The van der Waals surface area contributed by atoms with E-state index in [-0.39, 0.29) is 55.4 Å². The van der Waals surface area contributed by atoms with Crippen molar-refractivity contribution in [2.45, 2.75) is 49.3 Å². The average Bonchev–Trinajstić information content (AvgIpc) is 3.63. The van der Waals surface area contributed by atoms with Crippen LogP contribution in [0.25, 0.3) is 11.8 Å². The number of aromatic nitrogens is 3. The molecule has 3 fully saturated rings. The molecule has 0 spiro atoms. The topological polar surface area (TPSA) is 118 Å². The zero-order chi connectivity index (χ0) is 30.6. The van der Waals surface area contributed by atoms with Crippen molar-refractivity contribution in [2.75, 3.05) is 37.7 Å². The van der Waals surface area contributed by atoms with Gasteiger partial charge in [0.25, 0.3) is 0 Å². The van der Waals surface area contributed by atoms with E-state index in [0.717, 1.165) is 16.8 Å². The molecule has 4 heterocycles. The van der Waals surface area contributed by atoms with Gasteiger partial charge in [-0.1, -0.05) is 0 Å². The van der Waals surface area contributed by atoms with Gasteiger partial charge in [0.05, 0.1) is 36.8 Å². The standard InChI is InChI=1S/C31H33F2N5O5S/c32-23-1-3-25(4-2-23)38-28-13-22-7-10-37(44(41,42)27-5-6-29(34-16-27)36-9-8-24(33)17-36)19-31(22,14-21(28)15-35-38)30(40)43-18-20-11-26(39)12-20/h1-6,13,15-16,20,24,26,39H,7-12,14,17-19H2/t20?,24-,26?,31+/m1/s1. The number of benzene rings is 1. The smallest absolute Gasteiger partial charge is 0.317 e. The van der Waals surface area contributed by atoms with Gasteiger partial charge in [-0.15, -0.1) is 0 Å². The van der Waals surface area contributed by atoms with E-state index in [9.17, 15) is 27.1 Å². The number of carbonyl (C=O) groups is 1. The van der Waals surface area contributed by atoms with E-state index in [2.05, 4.69) is 10.1 Å². The van der Waals surface area contributed by atoms with Crippen molar-refractivity contribution in [1.29, 1.82) is 0 Å². The first kappa shape index (κ1) is 29.1. The Kier molecular flexibility index (Phi) is 7.29. The number of hydrogen-bond acceptors (Lipinski definition) is 8. The predicted molar refractivity (Wildman–Crippen MR) is 157 cm³/mol. The minimum atomic E-state index is -4.03. The molecular weight excluding hydrogens is 592 g/mol. The molecule has 0 amide bonds. The molecular formula is C31H33F2N5O5S. The predicted octanol–water partition coefficient (Wildman–Crippen LogP) is 3.29. The maximum atomic E-state index is 14.0. The van der Waals surface area contributed by atoms with Crippen LogP contribution in [-0.2, 0) is 26.0 Å². The molecule has 1 saturated carbocycles. The van der Waals surface area contributed by atoms with E-state index >= 15 is 0 Å². The largest absolute Gasteiger partial charge is 0.465 e. The fraction of sp³-hybridized carbons (Fsp3) is 0.452. The molecule has 3 aromatic rings. The molecule has 2 aromatic heterocycles. The molecule has 7 rings (SSSR count). The first-order valence-corrected chi connectivity index (χ1v) is 16.3. The highest BCUT2D eigenvalue weighted by Gasteiger charge is 2.52. The Morgan fingerprint density at radius 3 is 2.59 bits per heavy atom. The van der Waals surface area contributed by atoms with Gasteiger partial charge in [0, 0.05) is 25.8 Å². The van der Waals surface area contributed by atoms with Crippen molar-refractivity contribution in [1.82, 2.24) is 19.1 Å². The summed E-state index contributed by atoms with van der Waals surface area (Å²) < 4.78 is 63.9. The second-order valence-corrected chi connectivity index (χ2v) is 14.2. The molecule has 1 aromatic carbocycles. The lowest BCUT2D eigenvalue weighted by molar-refractivity contribution is -0.158. The molecule has 0 unspecified atom stereocenters. The van der Waals surface area contributed by atoms with Gasteiger partial charge in [0.15, 0.2) is 0 Å². The first-order valence-electron chi connectivity index (χ1n) is 14.9. The van der Waals surface area contributed by atoms with Crippen LogP contribution >= 0.6 is 0 Å². The highest BCUT2D eigenvalue weighted by molar-refractivity contribution is 7.89. The van der Waals surface area contributed by atoms with Crippen molar-refractivity contribution in [2.24, 2.45) is 11.3 Å². The summed E-state index contributed by atoms with van der Waals surface area (Å²) in [6.45, 7) is 0.929. The van der Waals surface area contributed by atoms with E-state index < -0.39 is 27.6 Å². The summed E-state index contributed by atoms with van der Waals surface area (Å²) in [5, 5.41) is 14.2.